The van der Waals surface area contributed by atoms with E-state index >= 15 is 0 Å². The van der Waals surface area contributed by atoms with Crippen molar-refractivity contribution in [1.82, 2.24) is 5.32 Å². The van der Waals surface area contributed by atoms with E-state index in [-0.39, 0.29) is 0 Å². The first-order valence-electron chi connectivity index (χ1n) is 5.15. The van der Waals surface area contributed by atoms with Gasteiger partial charge in [0.2, 0.25) is 0 Å². The highest BCUT2D eigenvalue weighted by atomic mass is 15.1. The third-order valence-corrected chi connectivity index (χ3v) is 2.39. The molecule has 2 rings (SSSR count). The molecular weight excluding hydrogens is 172 g/mol. The predicted octanol–water partition coefficient (Wildman–Crippen LogP) is 2.36. The number of nitrogens with one attached hydrogen (secondary N) is 2. The minimum Gasteiger partial charge on any atom is -0.370 e. The van der Waals surface area contributed by atoms with Gasteiger partial charge < -0.3 is 5.32 Å². The number of benzene rings is 1. The maximum Gasteiger partial charge on any atom is 0.0773 e. The molecule has 1 aliphatic heterocycles. The van der Waals surface area contributed by atoms with Crippen LogP contribution in [0, 0.1) is 0 Å². The van der Waals surface area contributed by atoms with Crippen molar-refractivity contribution in [3.63, 3.8) is 0 Å². The lowest BCUT2D eigenvalue weighted by Gasteiger charge is -2.18. The van der Waals surface area contributed by atoms with E-state index in [2.05, 4.69) is 47.1 Å². The summed E-state index contributed by atoms with van der Waals surface area (Å²) in [6.07, 6.45) is 7.11. The van der Waals surface area contributed by atoms with Crippen molar-refractivity contribution in [3.8, 4) is 0 Å². The normalized spacial score (nSPS) is 21.6. The van der Waals surface area contributed by atoms with Crippen LogP contribution in [-0.2, 0) is 0 Å². The maximum absolute atomic E-state index is 3.47. The molecule has 14 heavy (non-hydrogen) atoms. The van der Waals surface area contributed by atoms with Gasteiger partial charge in [0.15, 0.2) is 0 Å². The quantitative estimate of drug-likeness (QED) is 0.696. The molecule has 0 bridgehead atoms. The van der Waals surface area contributed by atoms with Crippen LogP contribution < -0.4 is 10.6 Å². The fourth-order valence-corrected chi connectivity index (χ4v) is 1.64. The van der Waals surface area contributed by atoms with E-state index in [1.54, 1.807) is 0 Å². The van der Waals surface area contributed by atoms with E-state index in [0.29, 0.717) is 6.17 Å². The van der Waals surface area contributed by atoms with Crippen LogP contribution in [0.4, 0.5) is 5.69 Å². The molecular formula is C12H16N2. The highest BCUT2D eigenvalue weighted by Crippen LogP contribution is 2.10. The number of anilines is 1. The Kier molecular flexibility index (Phi) is 3.19. The van der Waals surface area contributed by atoms with E-state index in [1.807, 2.05) is 6.07 Å². The van der Waals surface area contributed by atoms with E-state index < -0.39 is 0 Å². The first-order valence-corrected chi connectivity index (χ1v) is 5.15. The monoisotopic (exact) mass is 188 g/mol. The van der Waals surface area contributed by atoms with Gasteiger partial charge in [0.1, 0.15) is 0 Å². The van der Waals surface area contributed by atoms with Gasteiger partial charge in [0.05, 0.1) is 6.17 Å². The molecule has 1 aromatic carbocycles. The van der Waals surface area contributed by atoms with Crippen molar-refractivity contribution < 1.29 is 0 Å². The third-order valence-electron chi connectivity index (χ3n) is 2.39. The molecule has 1 heterocycles. The van der Waals surface area contributed by atoms with Crippen LogP contribution >= 0.6 is 0 Å². The smallest absolute Gasteiger partial charge is 0.0773 e. The van der Waals surface area contributed by atoms with E-state index in [4.69, 9.17) is 0 Å². The van der Waals surface area contributed by atoms with Crippen LogP contribution in [0.1, 0.15) is 12.8 Å². The van der Waals surface area contributed by atoms with Crippen molar-refractivity contribution >= 4 is 5.69 Å². The summed E-state index contributed by atoms with van der Waals surface area (Å²) in [5.41, 5.74) is 1.19. The van der Waals surface area contributed by atoms with E-state index in [0.717, 1.165) is 19.4 Å². The van der Waals surface area contributed by atoms with Crippen LogP contribution in [0.3, 0.4) is 0 Å². The molecule has 0 fully saturated rings. The van der Waals surface area contributed by atoms with Gasteiger partial charge >= 0.3 is 0 Å². The third kappa shape index (κ3) is 2.60. The van der Waals surface area contributed by atoms with Crippen LogP contribution in [-0.4, -0.2) is 12.7 Å². The Labute approximate surface area is 85.0 Å². The van der Waals surface area contributed by atoms with Gasteiger partial charge in [-0.05, 0) is 25.0 Å². The summed E-state index contributed by atoms with van der Waals surface area (Å²) in [7, 11) is 0. The van der Waals surface area contributed by atoms with Crippen molar-refractivity contribution in [2.45, 2.75) is 19.0 Å². The van der Waals surface area contributed by atoms with Crippen LogP contribution in [0.5, 0.6) is 0 Å². The second-order valence-electron chi connectivity index (χ2n) is 3.52. The van der Waals surface area contributed by atoms with Crippen LogP contribution in [0.25, 0.3) is 0 Å². The summed E-state index contributed by atoms with van der Waals surface area (Å²) in [5.74, 6) is 0. The summed E-state index contributed by atoms with van der Waals surface area (Å²) in [4.78, 5) is 0. The van der Waals surface area contributed by atoms with Crippen molar-refractivity contribution in [1.29, 1.82) is 0 Å². The molecule has 0 radical (unpaired) electrons. The Balaban J connectivity index is 1.91. The predicted molar refractivity (Wildman–Crippen MR) is 60.2 cm³/mol. The SMILES string of the molecule is C1=CCNC(Nc2ccccc2)CC1. The molecule has 0 saturated carbocycles. The highest BCUT2D eigenvalue weighted by molar-refractivity contribution is 5.43. The molecule has 1 unspecified atom stereocenters. The molecule has 0 amide bonds. The summed E-state index contributed by atoms with van der Waals surface area (Å²) in [6.45, 7) is 0.963. The zero-order valence-corrected chi connectivity index (χ0v) is 8.24. The lowest BCUT2D eigenvalue weighted by Crippen LogP contribution is -2.35. The van der Waals surface area contributed by atoms with Crippen LogP contribution in [0.2, 0.25) is 0 Å². The topological polar surface area (TPSA) is 24.1 Å². The number of hydrogen-bond acceptors (Lipinski definition) is 2. The number of hydrogen-bond donors (Lipinski definition) is 2. The molecule has 0 aromatic heterocycles. The molecule has 0 saturated heterocycles. The first-order chi connectivity index (χ1) is 6.95. The first kappa shape index (κ1) is 9.28. The number of rotatable bonds is 2. The Hall–Kier alpha value is -1.28. The fraction of sp³-hybridized carbons (Fsp3) is 0.333. The average molecular weight is 188 g/mol. The molecule has 1 aromatic rings. The summed E-state index contributed by atoms with van der Waals surface area (Å²) in [5, 5.41) is 6.90. The standard InChI is InChI=1S/C12H16N2/c1-3-7-11(8-4-1)14-12-9-5-2-6-10-13-12/h1-4,6-8,12-14H,5,9-10H2. The zero-order chi connectivity index (χ0) is 9.64. The van der Waals surface area contributed by atoms with Gasteiger partial charge in [-0.1, -0.05) is 30.4 Å². The van der Waals surface area contributed by atoms with Gasteiger partial charge in [0, 0.05) is 12.2 Å². The lowest BCUT2D eigenvalue weighted by atomic mass is 10.2. The van der Waals surface area contributed by atoms with Crippen LogP contribution in [0.15, 0.2) is 42.5 Å². The van der Waals surface area contributed by atoms with Gasteiger partial charge in [-0.25, -0.2) is 0 Å². The van der Waals surface area contributed by atoms with Crippen molar-refractivity contribution in [2.75, 3.05) is 11.9 Å². The molecule has 1 aliphatic rings. The molecule has 2 N–H and O–H groups in total. The van der Waals surface area contributed by atoms with E-state index in [1.165, 1.54) is 5.69 Å². The molecule has 2 nitrogen and oxygen atoms in total. The average Bonchev–Trinajstić information content (AvgIpc) is 2.48. The fourth-order valence-electron chi connectivity index (χ4n) is 1.64. The number of para-hydroxylation sites is 1. The Morgan fingerprint density at radius 3 is 2.86 bits per heavy atom. The molecule has 74 valence electrons. The Bertz CT molecular complexity index is 282. The van der Waals surface area contributed by atoms with Crippen molar-refractivity contribution in [3.05, 3.63) is 42.5 Å². The summed E-state index contributed by atoms with van der Waals surface area (Å²) < 4.78 is 0. The second kappa shape index (κ2) is 4.82. The van der Waals surface area contributed by atoms with Gasteiger partial charge in [-0.2, -0.15) is 0 Å². The largest absolute Gasteiger partial charge is 0.370 e. The Morgan fingerprint density at radius 1 is 1.14 bits per heavy atom. The number of allylic oxidation sites excluding steroid dienone is 1. The highest BCUT2D eigenvalue weighted by Gasteiger charge is 2.07. The second-order valence-corrected chi connectivity index (χ2v) is 3.52. The molecule has 0 aliphatic carbocycles. The van der Waals surface area contributed by atoms with Crippen molar-refractivity contribution in [2.24, 2.45) is 0 Å². The summed E-state index contributed by atoms with van der Waals surface area (Å²) >= 11 is 0. The summed E-state index contributed by atoms with van der Waals surface area (Å²) in [6, 6.07) is 10.3. The minimum atomic E-state index is 0.396. The van der Waals surface area contributed by atoms with Gasteiger partial charge in [-0.15, -0.1) is 0 Å². The Morgan fingerprint density at radius 2 is 2.00 bits per heavy atom. The lowest BCUT2D eigenvalue weighted by molar-refractivity contribution is 0.572. The molecule has 1 atom stereocenters. The zero-order valence-electron chi connectivity index (χ0n) is 8.24. The molecule has 0 spiro atoms. The van der Waals surface area contributed by atoms with Gasteiger partial charge in [0.25, 0.3) is 0 Å². The molecule has 2 heteroatoms. The van der Waals surface area contributed by atoms with E-state index in [9.17, 15) is 0 Å². The van der Waals surface area contributed by atoms with Gasteiger partial charge in [-0.3, -0.25) is 5.32 Å². The minimum absolute atomic E-state index is 0.396. The maximum atomic E-state index is 3.47.